The zero-order valence-corrected chi connectivity index (χ0v) is 13.5. The van der Waals surface area contributed by atoms with Crippen LogP contribution in [0.2, 0.25) is 0 Å². The van der Waals surface area contributed by atoms with Crippen molar-refractivity contribution in [1.82, 2.24) is 19.7 Å². The van der Waals surface area contributed by atoms with Crippen LogP contribution in [0, 0.1) is 5.92 Å². The van der Waals surface area contributed by atoms with Crippen molar-refractivity contribution in [2.75, 3.05) is 6.54 Å². The van der Waals surface area contributed by atoms with Crippen LogP contribution in [0.1, 0.15) is 19.8 Å². The van der Waals surface area contributed by atoms with Gasteiger partial charge in [0.05, 0.1) is 5.92 Å². The van der Waals surface area contributed by atoms with Crippen molar-refractivity contribution in [1.29, 1.82) is 0 Å². The Kier molecular flexibility index (Phi) is 4.59. The third kappa shape index (κ3) is 3.29. The maximum absolute atomic E-state index is 12.5. The van der Waals surface area contributed by atoms with E-state index in [0.717, 1.165) is 5.56 Å². The van der Waals surface area contributed by atoms with Gasteiger partial charge in [0.2, 0.25) is 5.91 Å². The molecule has 7 nitrogen and oxygen atoms in total. The van der Waals surface area contributed by atoms with Crippen LogP contribution >= 0.6 is 0 Å². The van der Waals surface area contributed by atoms with Crippen LogP contribution in [0.3, 0.4) is 0 Å². The van der Waals surface area contributed by atoms with Gasteiger partial charge in [-0.3, -0.25) is 9.59 Å². The fraction of sp³-hybridized carbons (Fsp3) is 0.412. The number of aliphatic carboxylic acids is 1. The number of likely N-dealkylation sites (tertiary alicyclic amines) is 1. The van der Waals surface area contributed by atoms with E-state index in [0.29, 0.717) is 25.2 Å². The van der Waals surface area contributed by atoms with Crippen molar-refractivity contribution < 1.29 is 14.7 Å². The van der Waals surface area contributed by atoms with E-state index in [1.807, 2.05) is 30.3 Å². The number of carboxylic acids is 1. The minimum atomic E-state index is -0.841. The third-order valence-electron chi connectivity index (χ3n) is 4.49. The van der Waals surface area contributed by atoms with Gasteiger partial charge in [0.15, 0.2) is 5.82 Å². The minimum absolute atomic E-state index is 0.0660. The molecule has 0 saturated carbocycles. The molecule has 0 aliphatic carbocycles. The molecule has 1 fully saturated rings. The quantitative estimate of drug-likeness (QED) is 0.922. The van der Waals surface area contributed by atoms with Crippen molar-refractivity contribution in [2.24, 2.45) is 5.92 Å². The highest BCUT2D eigenvalue weighted by Crippen LogP contribution is 2.24. The van der Waals surface area contributed by atoms with E-state index in [1.54, 1.807) is 11.8 Å². The zero-order chi connectivity index (χ0) is 17.1. The largest absolute Gasteiger partial charge is 0.481 e. The third-order valence-corrected chi connectivity index (χ3v) is 4.49. The second-order valence-electron chi connectivity index (χ2n) is 6.05. The minimum Gasteiger partial charge on any atom is -0.481 e. The molecule has 1 aliphatic rings. The fourth-order valence-electron chi connectivity index (χ4n) is 3.14. The first-order chi connectivity index (χ1) is 11.6. The maximum atomic E-state index is 12.5. The Morgan fingerprint density at radius 3 is 2.75 bits per heavy atom. The molecule has 126 valence electrons. The molecule has 2 heterocycles. The number of carboxylic acid groups (broad SMARTS) is 1. The van der Waals surface area contributed by atoms with Gasteiger partial charge in [-0.15, -0.1) is 0 Å². The van der Waals surface area contributed by atoms with Gasteiger partial charge in [-0.2, -0.15) is 5.10 Å². The van der Waals surface area contributed by atoms with Crippen molar-refractivity contribution in [3.63, 3.8) is 0 Å². The molecule has 1 saturated heterocycles. The Morgan fingerprint density at radius 2 is 2.04 bits per heavy atom. The van der Waals surface area contributed by atoms with Gasteiger partial charge in [-0.1, -0.05) is 30.3 Å². The zero-order valence-electron chi connectivity index (χ0n) is 13.5. The average Bonchev–Trinajstić information content (AvgIpc) is 3.04. The summed E-state index contributed by atoms with van der Waals surface area (Å²) in [5.41, 5.74) is 0.890. The maximum Gasteiger partial charge on any atom is 0.308 e. The Labute approximate surface area is 139 Å². The molecular weight excluding hydrogens is 308 g/mol. The molecule has 1 aromatic carbocycles. The van der Waals surface area contributed by atoms with Crippen molar-refractivity contribution in [3.8, 4) is 11.4 Å². The number of benzene rings is 1. The van der Waals surface area contributed by atoms with Crippen LogP contribution < -0.4 is 0 Å². The Balaban J connectivity index is 1.69. The Morgan fingerprint density at radius 1 is 1.29 bits per heavy atom. The summed E-state index contributed by atoms with van der Waals surface area (Å²) in [6.07, 6.45) is 2.85. The molecular formula is C17H20N4O3. The molecule has 0 unspecified atom stereocenters. The highest BCUT2D eigenvalue weighted by atomic mass is 16.4. The summed E-state index contributed by atoms with van der Waals surface area (Å²) in [5, 5.41) is 13.6. The molecule has 0 radical (unpaired) electrons. The van der Waals surface area contributed by atoms with Crippen molar-refractivity contribution >= 4 is 11.9 Å². The number of hydrogen-bond acceptors (Lipinski definition) is 4. The summed E-state index contributed by atoms with van der Waals surface area (Å²) in [7, 11) is 0. The van der Waals surface area contributed by atoms with Gasteiger partial charge < -0.3 is 10.0 Å². The average molecular weight is 328 g/mol. The first-order valence-corrected chi connectivity index (χ1v) is 8.03. The first-order valence-electron chi connectivity index (χ1n) is 8.03. The first kappa shape index (κ1) is 16.2. The Bertz CT molecular complexity index is 728. The Hall–Kier alpha value is -2.70. The second-order valence-corrected chi connectivity index (χ2v) is 6.05. The fourth-order valence-corrected chi connectivity index (χ4v) is 3.14. The van der Waals surface area contributed by atoms with Gasteiger partial charge in [-0.25, -0.2) is 9.67 Å². The molecule has 1 amide bonds. The lowest BCUT2D eigenvalue weighted by molar-refractivity contribution is -0.149. The topological polar surface area (TPSA) is 88.3 Å². The molecule has 1 aromatic heterocycles. The summed E-state index contributed by atoms with van der Waals surface area (Å²) < 4.78 is 1.50. The highest BCUT2D eigenvalue weighted by molar-refractivity contribution is 5.78. The van der Waals surface area contributed by atoms with Gasteiger partial charge in [0, 0.05) is 18.2 Å². The van der Waals surface area contributed by atoms with Gasteiger partial charge in [0.1, 0.15) is 12.9 Å². The van der Waals surface area contributed by atoms with E-state index >= 15 is 0 Å². The normalized spacial score (nSPS) is 20.8. The lowest BCUT2D eigenvalue weighted by atomic mass is 9.90. The number of nitrogens with zero attached hydrogens (tertiary/aromatic N) is 4. The number of carbonyl (C=O) groups excluding carboxylic acids is 1. The second kappa shape index (κ2) is 6.82. The molecule has 1 aliphatic heterocycles. The summed E-state index contributed by atoms with van der Waals surface area (Å²) >= 11 is 0. The van der Waals surface area contributed by atoms with Crippen molar-refractivity contribution in [2.45, 2.75) is 32.4 Å². The molecule has 2 atom stereocenters. The standard InChI is InChI=1S/C17H20N4O3/c1-12-14(17(23)24)8-5-9-21(12)15(22)10-20-11-18-16(19-20)13-6-3-2-4-7-13/h2-4,6-7,11-12,14H,5,8-10H2,1H3,(H,23,24)/t12-,14-/m1/s1. The van der Waals surface area contributed by atoms with Crippen LogP contribution in [0.15, 0.2) is 36.7 Å². The van der Waals surface area contributed by atoms with Crippen LogP contribution in [-0.2, 0) is 16.1 Å². The highest BCUT2D eigenvalue weighted by Gasteiger charge is 2.35. The summed E-state index contributed by atoms with van der Waals surface area (Å²) in [5.74, 6) is -0.901. The number of carbonyl (C=O) groups is 2. The number of piperidine rings is 1. The van der Waals surface area contributed by atoms with Crippen LogP contribution in [-0.4, -0.2) is 49.2 Å². The molecule has 24 heavy (non-hydrogen) atoms. The van der Waals surface area contributed by atoms with E-state index in [2.05, 4.69) is 10.1 Å². The van der Waals surface area contributed by atoms with E-state index < -0.39 is 11.9 Å². The number of aromatic nitrogens is 3. The van der Waals surface area contributed by atoms with Crippen LogP contribution in [0.4, 0.5) is 0 Å². The number of amides is 1. The van der Waals surface area contributed by atoms with Gasteiger partial charge >= 0.3 is 5.97 Å². The lowest BCUT2D eigenvalue weighted by Gasteiger charge is -2.37. The predicted octanol–water partition coefficient (Wildman–Crippen LogP) is 1.66. The summed E-state index contributed by atoms with van der Waals surface area (Å²) in [4.78, 5) is 29.7. The van der Waals surface area contributed by atoms with E-state index in [1.165, 1.54) is 11.0 Å². The van der Waals surface area contributed by atoms with E-state index in [-0.39, 0.29) is 18.5 Å². The van der Waals surface area contributed by atoms with Gasteiger partial charge in [0.25, 0.3) is 0 Å². The molecule has 0 spiro atoms. The molecule has 1 N–H and O–H groups in total. The summed E-state index contributed by atoms with van der Waals surface area (Å²) in [6.45, 7) is 2.45. The predicted molar refractivity (Wildman–Crippen MR) is 87.0 cm³/mol. The SMILES string of the molecule is C[C@@H]1[C@H](C(=O)O)CCCN1C(=O)Cn1cnc(-c2ccccc2)n1. The van der Waals surface area contributed by atoms with Crippen LogP contribution in [0.5, 0.6) is 0 Å². The van der Waals surface area contributed by atoms with Crippen molar-refractivity contribution in [3.05, 3.63) is 36.7 Å². The molecule has 0 bridgehead atoms. The van der Waals surface area contributed by atoms with E-state index in [9.17, 15) is 14.7 Å². The summed E-state index contributed by atoms with van der Waals surface area (Å²) in [6, 6.07) is 9.24. The molecule has 7 heteroatoms. The van der Waals surface area contributed by atoms with Crippen LogP contribution in [0.25, 0.3) is 11.4 Å². The monoisotopic (exact) mass is 328 g/mol. The smallest absolute Gasteiger partial charge is 0.308 e. The number of hydrogen-bond donors (Lipinski definition) is 1. The lowest BCUT2D eigenvalue weighted by Crippen LogP contribution is -2.50. The molecule has 2 aromatic rings. The van der Waals surface area contributed by atoms with E-state index in [4.69, 9.17) is 0 Å². The molecule has 3 rings (SSSR count). The van der Waals surface area contributed by atoms with Gasteiger partial charge in [-0.05, 0) is 19.8 Å². The number of rotatable bonds is 4.